The zero-order valence-electron chi connectivity index (χ0n) is 6.56. The summed E-state index contributed by atoms with van der Waals surface area (Å²) >= 11 is 5.77. The van der Waals surface area contributed by atoms with Gasteiger partial charge in [0.1, 0.15) is 5.76 Å². The van der Waals surface area contributed by atoms with Gasteiger partial charge in [-0.05, 0) is 12.5 Å². The highest BCUT2D eigenvalue weighted by Gasteiger charge is 2.12. The quantitative estimate of drug-likeness (QED) is 0.638. The Morgan fingerprint density at radius 2 is 1.91 bits per heavy atom. The first-order chi connectivity index (χ1) is 5.27. The summed E-state index contributed by atoms with van der Waals surface area (Å²) in [4.78, 5) is 0. The Labute approximate surface area is 71.4 Å². The molecule has 61 valence electrons. The molecule has 0 heterocycles. The van der Waals surface area contributed by atoms with Crippen molar-refractivity contribution in [2.24, 2.45) is 0 Å². The van der Waals surface area contributed by atoms with Crippen LogP contribution in [-0.4, -0.2) is 14.2 Å². The normalized spacial score (nSPS) is 17.9. The Morgan fingerprint density at radius 1 is 1.27 bits per heavy atom. The third-order valence-corrected chi connectivity index (χ3v) is 1.72. The maximum Gasteiger partial charge on any atom is 0.157 e. The number of ether oxygens (including phenoxy) is 2. The number of halogens is 1. The van der Waals surface area contributed by atoms with E-state index < -0.39 is 0 Å². The first kappa shape index (κ1) is 8.47. The standard InChI is InChI=1S/C8H10ClO2/c1-10-7-4-3-6(9)5-8(7)11-2/h4-5H,3H2,1-2H3. The van der Waals surface area contributed by atoms with Crippen LogP contribution in [-0.2, 0) is 9.47 Å². The van der Waals surface area contributed by atoms with E-state index >= 15 is 0 Å². The minimum Gasteiger partial charge on any atom is -0.497 e. The molecule has 0 amide bonds. The van der Waals surface area contributed by atoms with Crippen LogP contribution in [0.5, 0.6) is 0 Å². The fraction of sp³-hybridized carbons (Fsp3) is 0.375. The summed E-state index contributed by atoms with van der Waals surface area (Å²) in [5.41, 5.74) is 0. The maximum absolute atomic E-state index is 5.77. The van der Waals surface area contributed by atoms with Crippen LogP contribution in [0.15, 0.2) is 22.6 Å². The second-order valence-corrected chi connectivity index (χ2v) is 2.62. The second-order valence-electron chi connectivity index (χ2n) is 2.14. The average molecular weight is 174 g/mol. The molecule has 2 nitrogen and oxygen atoms in total. The van der Waals surface area contributed by atoms with E-state index in [1.807, 2.05) is 6.42 Å². The summed E-state index contributed by atoms with van der Waals surface area (Å²) in [6, 6.07) is 0. The molecule has 0 atom stereocenters. The van der Waals surface area contributed by atoms with E-state index in [0.717, 1.165) is 17.2 Å². The summed E-state index contributed by atoms with van der Waals surface area (Å²) in [5, 5.41) is 0.766. The lowest BCUT2D eigenvalue weighted by Gasteiger charge is -2.14. The van der Waals surface area contributed by atoms with Crippen molar-refractivity contribution in [2.45, 2.75) is 6.42 Å². The highest BCUT2D eigenvalue weighted by Crippen LogP contribution is 2.25. The summed E-state index contributed by atoms with van der Waals surface area (Å²) in [5.74, 6) is 1.43. The molecule has 0 saturated carbocycles. The first-order valence-electron chi connectivity index (χ1n) is 3.29. The third-order valence-electron chi connectivity index (χ3n) is 1.45. The summed E-state index contributed by atoms with van der Waals surface area (Å²) in [7, 11) is 3.20. The van der Waals surface area contributed by atoms with Crippen LogP contribution in [0, 0.1) is 6.42 Å². The smallest absolute Gasteiger partial charge is 0.157 e. The van der Waals surface area contributed by atoms with Gasteiger partial charge in [0.25, 0.3) is 0 Å². The minimum atomic E-state index is 0.684. The van der Waals surface area contributed by atoms with Gasteiger partial charge in [0.05, 0.1) is 14.2 Å². The molecule has 3 heteroatoms. The Hall–Kier alpha value is -0.630. The molecule has 11 heavy (non-hydrogen) atoms. The van der Waals surface area contributed by atoms with Crippen molar-refractivity contribution >= 4 is 11.6 Å². The van der Waals surface area contributed by atoms with Gasteiger partial charge in [0, 0.05) is 11.5 Å². The van der Waals surface area contributed by atoms with Crippen molar-refractivity contribution in [1.82, 2.24) is 0 Å². The van der Waals surface area contributed by atoms with Crippen LogP contribution in [0.4, 0.5) is 0 Å². The molecule has 0 bridgehead atoms. The molecule has 1 rings (SSSR count). The average Bonchev–Trinajstić information content (AvgIpc) is 2.04. The highest BCUT2D eigenvalue weighted by atomic mass is 35.5. The molecule has 1 aliphatic rings. The lowest BCUT2D eigenvalue weighted by molar-refractivity contribution is 0.233. The molecule has 1 aliphatic carbocycles. The van der Waals surface area contributed by atoms with Gasteiger partial charge in [-0.25, -0.2) is 0 Å². The predicted octanol–water partition coefficient (Wildman–Crippen LogP) is 2.22. The minimum absolute atomic E-state index is 0.684. The van der Waals surface area contributed by atoms with Crippen LogP contribution in [0.2, 0.25) is 0 Å². The van der Waals surface area contributed by atoms with Crippen LogP contribution in [0.25, 0.3) is 0 Å². The predicted molar refractivity (Wildman–Crippen MR) is 43.9 cm³/mol. The molecular weight excluding hydrogens is 164 g/mol. The van der Waals surface area contributed by atoms with Gasteiger partial charge >= 0.3 is 0 Å². The van der Waals surface area contributed by atoms with Crippen molar-refractivity contribution in [1.29, 1.82) is 0 Å². The van der Waals surface area contributed by atoms with Gasteiger partial charge in [-0.15, -0.1) is 0 Å². The molecule has 0 aromatic rings. The van der Waals surface area contributed by atoms with Crippen LogP contribution >= 0.6 is 11.6 Å². The summed E-state index contributed by atoms with van der Waals surface area (Å²) in [6.07, 6.45) is 4.37. The van der Waals surface area contributed by atoms with Gasteiger partial charge in [-0.3, -0.25) is 0 Å². The van der Waals surface area contributed by atoms with Crippen molar-refractivity contribution in [2.75, 3.05) is 14.2 Å². The van der Waals surface area contributed by atoms with E-state index in [0.29, 0.717) is 5.76 Å². The van der Waals surface area contributed by atoms with Crippen LogP contribution in [0.1, 0.15) is 6.42 Å². The van der Waals surface area contributed by atoms with Crippen LogP contribution in [0.3, 0.4) is 0 Å². The Morgan fingerprint density at radius 3 is 2.45 bits per heavy atom. The van der Waals surface area contributed by atoms with Gasteiger partial charge < -0.3 is 9.47 Å². The molecule has 0 aliphatic heterocycles. The molecule has 1 radical (unpaired) electrons. The highest BCUT2D eigenvalue weighted by molar-refractivity contribution is 6.29. The molecule has 0 saturated heterocycles. The molecular formula is C8H10ClO2. The van der Waals surface area contributed by atoms with Gasteiger partial charge in [-0.1, -0.05) is 11.6 Å². The first-order valence-corrected chi connectivity index (χ1v) is 3.67. The molecule has 0 aromatic carbocycles. The molecule has 0 spiro atoms. The number of allylic oxidation sites excluding steroid dienone is 3. The van der Waals surface area contributed by atoms with E-state index in [1.54, 1.807) is 20.3 Å². The van der Waals surface area contributed by atoms with E-state index in [1.165, 1.54) is 0 Å². The Bertz CT molecular complexity index is 206. The monoisotopic (exact) mass is 173 g/mol. The zero-order chi connectivity index (χ0) is 8.27. The topological polar surface area (TPSA) is 18.5 Å². The van der Waals surface area contributed by atoms with Gasteiger partial charge in [-0.2, -0.15) is 0 Å². The fourth-order valence-corrected chi connectivity index (χ4v) is 1.08. The fourth-order valence-electron chi connectivity index (χ4n) is 0.907. The number of methoxy groups -OCH3 is 2. The van der Waals surface area contributed by atoms with Crippen molar-refractivity contribution in [3.63, 3.8) is 0 Å². The molecule has 0 aromatic heterocycles. The van der Waals surface area contributed by atoms with Crippen molar-refractivity contribution in [3.05, 3.63) is 29.0 Å². The lowest BCUT2D eigenvalue weighted by Crippen LogP contribution is -2.01. The van der Waals surface area contributed by atoms with E-state index in [9.17, 15) is 0 Å². The molecule has 0 unspecified atom stereocenters. The van der Waals surface area contributed by atoms with E-state index in [-0.39, 0.29) is 0 Å². The zero-order valence-corrected chi connectivity index (χ0v) is 7.31. The second kappa shape index (κ2) is 3.67. The number of hydrogen-bond acceptors (Lipinski definition) is 2. The largest absolute Gasteiger partial charge is 0.497 e. The molecule has 0 N–H and O–H groups in total. The van der Waals surface area contributed by atoms with Crippen LogP contribution < -0.4 is 0 Å². The summed E-state index contributed by atoms with van der Waals surface area (Å²) in [6.45, 7) is 0. The SMILES string of the molecule is COC1=C(OC)C=C(Cl)C[CH]1. The van der Waals surface area contributed by atoms with Gasteiger partial charge in [0.2, 0.25) is 0 Å². The Kier molecular flexibility index (Phi) is 2.83. The third kappa shape index (κ3) is 1.90. The number of rotatable bonds is 2. The van der Waals surface area contributed by atoms with E-state index in [4.69, 9.17) is 21.1 Å². The maximum atomic E-state index is 5.77. The van der Waals surface area contributed by atoms with Crippen molar-refractivity contribution in [3.8, 4) is 0 Å². The van der Waals surface area contributed by atoms with Crippen molar-refractivity contribution < 1.29 is 9.47 Å². The molecule has 0 fully saturated rings. The number of hydrogen-bond donors (Lipinski definition) is 0. The van der Waals surface area contributed by atoms with E-state index in [2.05, 4.69) is 0 Å². The lowest BCUT2D eigenvalue weighted by atomic mass is 10.1. The van der Waals surface area contributed by atoms with Gasteiger partial charge in [0.15, 0.2) is 5.76 Å². The summed E-state index contributed by atoms with van der Waals surface area (Å²) < 4.78 is 10.1. The Balaban J connectivity index is 2.83.